The minimum Gasteiger partial charge on any atom is -0.356 e. The van der Waals surface area contributed by atoms with E-state index in [1.807, 2.05) is 65.6 Å². The molecule has 0 aliphatic carbocycles. The van der Waals surface area contributed by atoms with Gasteiger partial charge in [0.25, 0.3) is 0 Å². The van der Waals surface area contributed by atoms with Crippen LogP contribution in [0.1, 0.15) is 11.3 Å². The number of pyridine rings is 1. The molecule has 0 saturated heterocycles. The Hall–Kier alpha value is -3.15. The molecular weight excluding hydrogens is 324 g/mol. The lowest BCUT2D eigenvalue weighted by Crippen LogP contribution is -2.39. The van der Waals surface area contributed by atoms with Gasteiger partial charge < -0.3 is 10.6 Å². The van der Waals surface area contributed by atoms with Gasteiger partial charge in [0.2, 0.25) is 0 Å². The van der Waals surface area contributed by atoms with Crippen molar-refractivity contribution in [3.05, 3.63) is 78.4 Å². The first-order valence-electron chi connectivity index (χ1n) is 8.78. The second-order valence-electron chi connectivity index (χ2n) is 5.88. The Kier molecular flexibility index (Phi) is 6.36. The minimum atomic E-state index is 0.794. The fourth-order valence-electron chi connectivity index (χ4n) is 2.61. The van der Waals surface area contributed by atoms with Gasteiger partial charge in [-0.15, -0.1) is 0 Å². The van der Waals surface area contributed by atoms with Gasteiger partial charge in [-0.1, -0.05) is 24.3 Å². The number of nitrogens with one attached hydrogen (secondary N) is 2. The fraction of sp³-hybridized carbons (Fsp3) is 0.250. The number of aromatic nitrogens is 3. The quantitative estimate of drug-likeness (QED) is 0.507. The van der Waals surface area contributed by atoms with E-state index in [0.29, 0.717) is 0 Å². The van der Waals surface area contributed by atoms with Crippen LogP contribution in [0.4, 0.5) is 0 Å². The smallest absolute Gasteiger partial charge is 0.190 e. The van der Waals surface area contributed by atoms with Crippen molar-refractivity contribution >= 4 is 5.96 Å². The molecule has 6 heteroatoms. The van der Waals surface area contributed by atoms with E-state index in [4.69, 9.17) is 0 Å². The van der Waals surface area contributed by atoms with Gasteiger partial charge in [0.15, 0.2) is 5.96 Å². The zero-order chi connectivity index (χ0) is 18.0. The van der Waals surface area contributed by atoms with Crippen LogP contribution in [0.3, 0.4) is 0 Å². The maximum Gasteiger partial charge on any atom is 0.190 e. The summed E-state index contributed by atoms with van der Waals surface area (Å²) in [6.07, 6.45) is 7.54. The molecule has 26 heavy (non-hydrogen) atoms. The topological polar surface area (TPSA) is 67.1 Å². The third-order valence-electron chi connectivity index (χ3n) is 3.99. The van der Waals surface area contributed by atoms with Crippen LogP contribution in [0.15, 0.2) is 72.1 Å². The van der Waals surface area contributed by atoms with Crippen molar-refractivity contribution in [3.8, 4) is 5.69 Å². The second kappa shape index (κ2) is 9.36. The van der Waals surface area contributed by atoms with Gasteiger partial charge in [-0.05, 0) is 36.2 Å². The van der Waals surface area contributed by atoms with Crippen LogP contribution in [0.5, 0.6) is 0 Å². The lowest BCUT2D eigenvalue weighted by molar-refractivity contribution is 0.776. The molecule has 0 fully saturated rings. The Labute approximate surface area is 154 Å². The van der Waals surface area contributed by atoms with Crippen LogP contribution in [-0.2, 0) is 12.8 Å². The lowest BCUT2D eigenvalue weighted by atomic mass is 10.2. The van der Waals surface area contributed by atoms with Gasteiger partial charge in [-0.3, -0.25) is 9.98 Å². The Morgan fingerprint density at radius 2 is 1.77 bits per heavy atom. The van der Waals surface area contributed by atoms with E-state index in [0.717, 1.165) is 43.3 Å². The fourth-order valence-corrected chi connectivity index (χ4v) is 2.61. The largest absolute Gasteiger partial charge is 0.356 e. The highest BCUT2D eigenvalue weighted by Crippen LogP contribution is 2.07. The van der Waals surface area contributed by atoms with Crippen molar-refractivity contribution in [2.45, 2.75) is 12.8 Å². The van der Waals surface area contributed by atoms with E-state index >= 15 is 0 Å². The van der Waals surface area contributed by atoms with Crippen LogP contribution in [-0.4, -0.2) is 40.9 Å². The zero-order valence-corrected chi connectivity index (χ0v) is 15.0. The Morgan fingerprint density at radius 3 is 2.50 bits per heavy atom. The van der Waals surface area contributed by atoms with Gasteiger partial charge in [0.05, 0.1) is 11.9 Å². The van der Waals surface area contributed by atoms with E-state index in [1.54, 1.807) is 7.05 Å². The zero-order valence-electron chi connectivity index (χ0n) is 15.0. The standard InChI is InChI=1S/C20H24N6/c1-21-20(24-14-11-18-7-5-6-12-22-18)23-13-10-17-15-25-26(16-17)19-8-3-2-4-9-19/h2-9,12,15-16H,10-11,13-14H2,1H3,(H2,21,23,24). The predicted molar refractivity (Wildman–Crippen MR) is 105 cm³/mol. The van der Waals surface area contributed by atoms with Crippen LogP contribution in [0.25, 0.3) is 5.69 Å². The molecule has 3 aromatic rings. The number of nitrogens with zero attached hydrogens (tertiary/aromatic N) is 4. The molecule has 2 N–H and O–H groups in total. The molecule has 0 bridgehead atoms. The lowest BCUT2D eigenvalue weighted by Gasteiger charge is -2.11. The number of benzene rings is 1. The summed E-state index contributed by atoms with van der Waals surface area (Å²) in [4.78, 5) is 8.58. The average Bonchev–Trinajstić information content (AvgIpc) is 3.17. The minimum absolute atomic E-state index is 0.794. The summed E-state index contributed by atoms with van der Waals surface area (Å²) in [6, 6.07) is 16.1. The molecule has 1 aromatic carbocycles. The van der Waals surface area contributed by atoms with E-state index < -0.39 is 0 Å². The Bertz CT molecular complexity index is 811. The molecule has 0 amide bonds. The van der Waals surface area contributed by atoms with Crippen molar-refractivity contribution in [1.82, 2.24) is 25.4 Å². The number of hydrogen-bond donors (Lipinski definition) is 2. The number of aliphatic imine (C=N–C) groups is 1. The van der Waals surface area contributed by atoms with Crippen LogP contribution >= 0.6 is 0 Å². The summed E-state index contributed by atoms with van der Waals surface area (Å²) in [7, 11) is 1.78. The highest BCUT2D eigenvalue weighted by molar-refractivity contribution is 5.79. The molecule has 134 valence electrons. The monoisotopic (exact) mass is 348 g/mol. The number of rotatable bonds is 7. The first kappa shape index (κ1) is 17.7. The summed E-state index contributed by atoms with van der Waals surface area (Å²) in [6.45, 7) is 1.59. The molecule has 0 unspecified atom stereocenters. The van der Waals surface area contributed by atoms with Crippen LogP contribution in [0.2, 0.25) is 0 Å². The van der Waals surface area contributed by atoms with Crippen LogP contribution < -0.4 is 10.6 Å². The molecule has 0 aliphatic heterocycles. The van der Waals surface area contributed by atoms with Crippen LogP contribution in [0, 0.1) is 0 Å². The van der Waals surface area contributed by atoms with Gasteiger partial charge >= 0.3 is 0 Å². The first-order valence-corrected chi connectivity index (χ1v) is 8.78. The summed E-state index contributed by atoms with van der Waals surface area (Å²) in [5.74, 6) is 0.802. The third kappa shape index (κ3) is 5.17. The third-order valence-corrected chi connectivity index (χ3v) is 3.99. The summed E-state index contributed by atoms with van der Waals surface area (Å²) >= 11 is 0. The Balaban J connectivity index is 1.41. The summed E-state index contributed by atoms with van der Waals surface area (Å²) in [5, 5.41) is 11.1. The van der Waals surface area contributed by atoms with Crippen molar-refractivity contribution in [2.75, 3.05) is 20.1 Å². The van der Waals surface area contributed by atoms with Crippen molar-refractivity contribution in [3.63, 3.8) is 0 Å². The van der Waals surface area contributed by atoms with Gasteiger partial charge in [0, 0.05) is 44.6 Å². The molecule has 0 atom stereocenters. The molecule has 0 saturated carbocycles. The van der Waals surface area contributed by atoms with Gasteiger partial charge in [-0.25, -0.2) is 4.68 Å². The molecule has 6 nitrogen and oxygen atoms in total. The Morgan fingerprint density at radius 1 is 1.00 bits per heavy atom. The molecular formula is C20H24N6. The van der Waals surface area contributed by atoms with Crippen molar-refractivity contribution in [2.24, 2.45) is 4.99 Å². The summed E-state index contributed by atoms with van der Waals surface area (Å²) in [5.41, 5.74) is 3.33. The van der Waals surface area contributed by atoms with Crippen molar-refractivity contribution in [1.29, 1.82) is 0 Å². The number of guanidine groups is 1. The van der Waals surface area contributed by atoms with Crippen molar-refractivity contribution < 1.29 is 0 Å². The predicted octanol–water partition coefficient (Wildman–Crippen LogP) is 2.22. The van der Waals surface area contributed by atoms with Gasteiger partial charge in [-0.2, -0.15) is 5.10 Å². The molecule has 2 heterocycles. The molecule has 0 spiro atoms. The normalized spacial score (nSPS) is 11.3. The maximum atomic E-state index is 4.42. The highest BCUT2D eigenvalue weighted by atomic mass is 15.3. The summed E-state index contributed by atoms with van der Waals surface area (Å²) < 4.78 is 1.90. The first-order chi connectivity index (χ1) is 12.8. The number of para-hydroxylation sites is 1. The molecule has 0 radical (unpaired) electrons. The van der Waals surface area contributed by atoms with E-state index in [1.165, 1.54) is 5.56 Å². The SMILES string of the molecule is CN=C(NCCc1cnn(-c2ccccc2)c1)NCCc1ccccn1. The second-order valence-corrected chi connectivity index (χ2v) is 5.88. The number of hydrogen-bond acceptors (Lipinski definition) is 3. The van der Waals surface area contributed by atoms with E-state index in [2.05, 4.69) is 31.9 Å². The van der Waals surface area contributed by atoms with Gasteiger partial charge in [0.1, 0.15) is 0 Å². The maximum absolute atomic E-state index is 4.42. The molecule has 2 aromatic heterocycles. The highest BCUT2D eigenvalue weighted by Gasteiger charge is 2.02. The average molecular weight is 348 g/mol. The van der Waals surface area contributed by atoms with E-state index in [9.17, 15) is 0 Å². The molecule has 0 aliphatic rings. The van der Waals surface area contributed by atoms with E-state index in [-0.39, 0.29) is 0 Å². The molecule has 3 rings (SSSR count).